The molecular formula is C17H16ClIN4O. The van der Waals surface area contributed by atoms with Crippen LogP contribution in [0.25, 0.3) is 22.3 Å². The zero-order valence-corrected chi connectivity index (χ0v) is 16.3. The molecular weight excluding hydrogens is 439 g/mol. The molecule has 2 saturated carbocycles. The summed E-state index contributed by atoms with van der Waals surface area (Å²) in [5.41, 5.74) is 4.05. The molecule has 24 heavy (non-hydrogen) atoms. The molecule has 7 heteroatoms. The Hall–Kier alpha value is -1.15. The Morgan fingerprint density at radius 1 is 1.33 bits per heavy atom. The van der Waals surface area contributed by atoms with Gasteiger partial charge in [-0.25, -0.2) is 9.97 Å². The second-order valence-corrected chi connectivity index (χ2v) is 8.58. The summed E-state index contributed by atoms with van der Waals surface area (Å²) in [4.78, 5) is 8.76. The van der Waals surface area contributed by atoms with Gasteiger partial charge >= 0.3 is 0 Å². The first-order chi connectivity index (χ1) is 11.5. The molecule has 0 radical (unpaired) electrons. The van der Waals surface area contributed by atoms with E-state index in [9.17, 15) is 0 Å². The molecule has 5 nitrogen and oxygen atoms in total. The summed E-state index contributed by atoms with van der Waals surface area (Å²) in [5, 5.41) is 5.77. The number of nitrogens with zero attached hydrogens (tertiary/aromatic N) is 4. The van der Waals surface area contributed by atoms with E-state index in [1.165, 1.54) is 12.8 Å². The van der Waals surface area contributed by atoms with E-state index in [1.54, 1.807) is 6.33 Å². The third kappa shape index (κ3) is 2.02. The van der Waals surface area contributed by atoms with Gasteiger partial charge < -0.3 is 9.09 Å². The van der Waals surface area contributed by atoms with Gasteiger partial charge in [-0.15, -0.1) is 0 Å². The van der Waals surface area contributed by atoms with Crippen molar-refractivity contribution in [2.45, 2.75) is 51.0 Å². The van der Waals surface area contributed by atoms with Crippen LogP contribution in [-0.2, 0) is 5.54 Å². The van der Waals surface area contributed by atoms with Gasteiger partial charge in [0.1, 0.15) is 22.8 Å². The van der Waals surface area contributed by atoms with E-state index in [0.717, 1.165) is 50.2 Å². The van der Waals surface area contributed by atoms with Gasteiger partial charge in [-0.3, -0.25) is 0 Å². The molecule has 2 aliphatic carbocycles. The molecule has 0 saturated heterocycles. The Bertz CT molecular complexity index is 984. The second-order valence-electron chi connectivity index (χ2n) is 7.14. The topological polar surface area (TPSA) is 56.7 Å². The first-order valence-corrected chi connectivity index (χ1v) is 9.64. The zero-order valence-electron chi connectivity index (χ0n) is 13.4. The Kier molecular flexibility index (Phi) is 3.11. The third-order valence-corrected chi connectivity index (χ3v) is 6.63. The number of hydrogen-bond acceptors (Lipinski definition) is 4. The van der Waals surface area contributed by atoms with Crippen molar-refractivity contribution in [1.29, 1.82) is 0 Å². The van der Waals surface area contributed by atoms with E-state index in [2.05, 4.69) is 56.1 Å². The lowest BCUT2D eigenvalue weighted by Gasteiger charge is -2.15. The summed E-state index contributed by atoms with van der Waals surface area (Å²) in [7, 11) is 0. The monoisotopic (exact) mass is 454 g/mol. The SMILES string of the molecule is Cc1c(-c2noc(C3CC3)c2I)c2c(Cl)ncnc2n1C1(C)CC1. The van der Waals surface area contributed by atoms with Crippen molar-refractivity contribution >= 4 is 45.2 Å². The normalized spacial score (nSPS) is 19.2. The van der Waals surface area contributed by atoms with Gasteiger partial charge in [0.2, 0.25) is 0 Å². The molecule has 3 aromatic rings. The fraction of sp³-hybridized carbons (Fsp3) is 0.471. The van der Waals surface area contributed by atoms with Crippen molar-refractivity contribution < 1.29 is 4.52 Å². The molecule has 3 aromatic heterocycles. The number of fused-ring (bicyclic) bond motifs is 1. The predicted molar refractivity (Wildman–Crippen MR) is 100 cm³/mol. The number of aromatic nitrogens is 4. The average molecular weight is 455 g/mol. The van der Waals surface area contributed by atoms with E-state index in [4.69, 9.17) is 16.1 Å². The highest BCUT2D eigenvalue weighted by Crippen LogP contribution is 2.50. The van der Waals surface area contributed by atoms with Gasteiger partial charge in [-0.05, 0) is 62.1 Å². The van der Waals surface area contributed by atoms with Crippen molar-refractivity contribution in [3.05, 3.63) is 26.5 Å². The summed E-state index contributed by atoms with van der Waals surface area (Å²) < 4.78 is 9.09. The highest BCUT2D eigenvalue weighted by molar-refractivity contribution is 14.1. The first-order valence-electron chi connectivity index (χ1n) is 8.18. The van der Waals surface area contributed by atoms with Crippen LogP contribution < -0.4 is 0 Å². The van der Waals surface area contributed by atoms with E-state index >= 15 is 0 Å². The standard InChI is InChI=1S/C17H16ClIN4O/c1-8-10(13-12(19)14(24-22-13)9-3-4-9)11-15(18)20-7-21-16(11)23(8)17(2)5-6-17/h7,9H,3-6H2,1-2H3. The largest absolute Gasteiger partial charge is 0.359 e. The zero-order chi connectivity index (χ0) is 16.6. The first kappa shape index (κ1) is 15.1. The van der Waals surface area contributed by atoms with Gasteiger partial charge in [0.15, 0.2) is 5.76 Å². The van der Waals surface area contributed by atoms with Gasteiger partial charge in [0.05, 0.1) is 8.96 Å². The summed E-state index contributed by atoms with van der Waals surface area (Å²) in [6.45, 7) is 4.39. The Labute approximate surface area is 157 Å². The molecule has 0 aliphatic heterocycles. The quantitative estimate of drug-likeness (QED) is 0.411. The van der Waals surface area contributed by atoms with Gasteiger partial charge in [0.25, 0.3) is 0 Å². The van der Waals surface area contributed by atoms with Gasteiger partial charge in [-0.1, -0.05) is 16.8 Å². The summed E-state index contributed by atoms with van der Waals surface area (Å²) in [6.07, 6.45) is 6.23. The van der Waals surface area contributed by atoms with Crippen LogP contribution >= 0.6 is 34.2 Å². The van der Waals surface area contributed by atoms with Crippen LogP contribution in [0.15, 0.2) is 10.9 Å². The van der Waals surface area contributed by atoms with Crippen LogP contribution in [0, 0.1) is 10.5 Å². The van der Waals surface area contributed by atoms with Crippen LogP contribution in [0.3, 0.4) is 0 Å². The lowest BCUT2D eigenvalue weighted by Crippen LogP contribution is -2.14. The Morgan fingerprint density at radius 3 is 2.75 bits per heavy atom. The average Bonchev–Trinajstić information content (AvgIpc) is 3.45. The van der Waals surface area contributed by atoms with E-state index < -0.39 is 0 Å². The van der Waals surface area contributed by atoms with E-state index in [0.29, 0.717) is 11.1 Å². The fourth-order valence-corrected chi connectivity index (χ4v) is 4.72. The van der Waals surface area contributed by atoms with Crippen LogP contribution in [0.4, 0.5) is 0 Å². The minimum absolute atomic E-state index is 0.118. The van der Waals surface area contributed by atoms with E-state index in [1.807, 2.05) is 0 Å². The van der Waals surface area contributed by atoms with Crippen molar-refractivity contribution in [2.75, 3.05) is 0 Å². The molecule has 2 aliphatic rings. The Morgan fingerprint density at radius 2 is 2.08 bits per heavy atom. The van der Waals surface area contributed by atoms with E-state index in [-0.39, 0.29) is 5.54 Å². The smallest absolute Gasteiger partial charge is 0.153 e. The minimum atomic E-state index is 0.118. The number of hydrogen-bond donors (Lipinski definition) is 0. The molecule has 3 heterocycles. The molecule has 124 valence electrons. The van der Waals surface area contributed by atoms with Gasteiger partial charge in [-0.2, -0.15) is 0 Å². The summed E-state index contributed by atoms with van der Waals surface area (Å²) in [5.74, 6) is 1.54. The predicted octanol–water partition coefficient (Wildman–Crippen LogP) is 5.04. The minimum Gasteiger partial charge on any atom is -0.359 e. The van der Waals surface area contributed by atoms with Crippen LogP contribution in [-0.4, -0.2) is 19.7 Å². The second kappa shape index (κ2) is 4.94. The van der Waals surface area contributed by atoms with Crippen LogP contribution in [0.2, 0.25) is 5.15 Å². The number of rotatable bonds is 3. The highest BCUT2D eigenvalue weighted by atomic mass is 127. The summed E-state index contributed by atoms with van der Waals surface area (Å²) >= 11 is 8.83. The lowest BCUT2D eigenvalue weighted by molar-refractivity contribution is 0.385. The maximum atomic E-state index is 6.48. The molecule has 0 bridgehead atoms. The number of halogens is 2. The maximum Gasteiger partial charge on any atom is 0.153 e. The van der Waals surface area contributed by atoms with Crippen LogP contribution in [0.1, 0.15) is 50.0 Å². The van der Waals surface area contributed by atoms with Crippen molar-refractivity contribution in [3.8, 4) is 11.3 Å². The fourth-order valence-electron chi connectivity index (χ4n) is 3.59. The van der Waals surface area contributed by atoms with Crippen molar-refractivity contribution in [3.63, 3.8) is 0 Å². The summed E-state index contributed by atoms with van der Waals surface area (Å²) in [6, 6.07) is 0. The third-order valence-electron chi connectivity index (χ3n) is 5.30. The molecule has 2 fully saturated rings. The van der Waals surface area contributed by atoms with Crippen molar-refractivity contribution in [1.82, 2.24) is 19.7 Å². The molecule has 0 N–H and O–H groups in total. The van der Waals surface area contributed by atoms with Gasteiger partial charge in [0, 0.05) is 22.7 Å². The molecule has 0 spiro atoms. The lowest BCUT2D eigenvalue weighted by atomic mass is 10.1. The molecule has 0 amide bonds. The molecule has 0 unspecified atom stereocenters. The highest BCUT2D eigenvalue weighted by Gasteiger charge is 2.43. The van der Waals surface area contributed by atoms with Crippen LogP contribution in [0.5, 0.6) is 0 Å². The maximum absolute atomic E-state index is 6.48. The Balaban J connectivity index is 1.84. The molecule has 0 atom stereocenters. The van der Waals surface area contributed by atoms with Crippen molar-refractivity contribution in [2.24, 2.45) is 0 Å². The molecule has 0 aromatic carbocycles. The molecule has 5 rings (SSSR count).